The molecule has 0 bridgehead atoms. The number of carbonyl (C=O) groups is 1. The fourth-order valence-electron chi connectivity index (χ4n) is 2.77. The maximum absolute atomic E-state index is 13.4. The van der Waals surface area contributed by atoms with Crippen LogP contribution in [0.25, 0.3) is 22.6 Å². The van der Waals surface area contributed by atoms with E-state index < -0.39 is 0 Å². The molecule has 1 N–H and O–H groups in total. The fourth-order valence-corrected chi connectivity index (χ4v) is 2.77. The normalized spacial score (nSPS) is 10.7. The molecule has 7 heteroatoms. The smallest absolute Gasteiger partial charge is 0.262 e. The summed E-state index contributed by atoms with van der Waals surface area (Å²) in [5.41, 5.74) is 2.19. The molecule has 1 heterocycles. The number of aromatic nitrogens is 1. The summed E-state index contributed by atoms with van der Waals surface area (Å²) in [6.45, 7) is -0.141. The summed E-state index contributed by atoms with van der Waals surface area (Å²) in [7, 11) is 1.58. The van der Waals surface area contributed by atoms with E-state index in [2.05, 4.69) is 10.3 Å². The first-order valence-electron chi connectivity index (χ1n) is 8.84. The Morgan fingerprint density at radius 3 is 2.62 bits per heavy atom. The molecule has 0 aliphatic rings. The van der Waals surface area contributed by atoms with Gasteiger partial charge in [0.15, 0.2) is 12.2 Å². The number of carbonyl (C=O) groups excluding carboxylic acids is 1. The highest BCUT2D eigenvalue weighted by Gasteiger charge is 2.11. The van der Waals surface area contributed by atoms with E-state index in [9.17, 15) is 9.18 Å². The zero-order valence-electron chi connectivity index (χ0n) is 15.5. The van der Waals surface area contributed by atoms with Crippen molar-refractivity contribution >= 4 is 22.7 Å². The van der Waals surface area contributed by atoms with Crippen LogP contribution in [0.15, 0.2) is 71.1 Å². The monoisotopic (exact) mass is 392 g/mol. The van der Waals surface area contributed by atoms with Crippen molar-refractivity contribution in [2.75, 3.05) is 19.0 Å². The molecule has 0 saturated heterocycles. The van der Waals surface area contributed by atoms with Gasteiger partial charge in [-0.1, -0.05) is 6.07 Å². The SMILES string of the molecule is COc1ccc(OCC(=O)Nc2ccc3oc(-c4cccc(F)c4)nc3c2)cc1. The number of amides is 1. The van der Waals surface area contributed by atoms with E-state index in [0.29, 0.717) is 39.7 Å². The second kappa shape index (κ2) is 8.02. The van der Waals surface area contributed by atoms with Gasteiger partial charge in [0.1, 0.15) is 22.8 Å². The number of rotatable bonds is 6. The van der Waals surface area contributed by atoms with Crippen LogP contribution in [0.4, 0.5) is 10.1 Å². The average molecular weight is 392 g/mol. The summed E-state index contributed by atoms with van der Waals surface area (Å²) in [6.07, 6.45) is 0. The third-order valence-corrected chi connectivity index (χ3v) is 4.17. The summed E-state index contributed by atoms with van der Waals surface area (Å²) in [4.78, 5) is 16.5. The van der Waals surface area contributed by atoms with Crippen molar-refractivity contribution in [1.29, 1.82) is 0 Å². The summed E-state index contributed by atoms with van der Waals surface area (Å²) >= 11 is 0. The molecule has 0 radical (unpaired) electrons. The number of oxazole rings is 1. The van der Waals surface area contributed by atoms with E-state index in [1.54, 1.807) is 61.7 Å². The summed E-state index contributed by atoms with van der Waals surface area (Å²) in [6, 6.07) is 18.1. The third kappa shape index (κ3) is 4.35. The van der Waals surface area contributed by atoms with E-state index >= 15 is 0 Å². The molecule has 0 atom stereocenters. The predicted octanol–water partition coefficient (Wildman–Crippen LogP) is 4.66. The lowest BCUT2D eigenvalue weighted by Gasteiger charge is -2.08. The summed E-state index contributed by atoms with van der Waals surface area (Å²) in [5.74, 6) is 0.905. The molecule has 6 nitrogen and oxygen atoms in total. The van der Waals surface area contributed by atoms with Crippen molar-refractivity contribution in [1.82, 2.24) is 4.98 Å². The van der Waals surface area contributed by atoms with Crippen LogP contribution in [-0.2, 0) is 4.79 Å². The van der Waals surface area contributed by atoms with E-state index in [4.69, 9.17) is 13.9 Å². The van der Waals surface area contributed by atoms with Gasteiger partial charge in [0.05, 0.1) is 7.11 Å². The third-order valence-electron chi connectivity index (χ3n) is 4.17. The molecule has 1 amide bonds. The largest absolute Gasteiger partial charge is 0.497 e. The van der Waals surface area contributed by atoms with Crippen LogP contribution < -0.4 is 14.8 Å². The molecule has 29 heavy (non-hydrogen) atoms. The zero-order chi connectivity index (χ0) is 20.2. The number of nitrogens with one attached hydrogen (secondary N) is 1. The Morgan fingerprint density at radius 1 is 1.07 bits per heavy atom. The first-order valence-corrected chi connectivity index (χ1v) is 8.84. The topological polar surface area (TPSA) is 73.6 Å². The minimum absolute atomic E-state index is 0.141. The lowest BCUT2D eigenvalue weighted by Crippen LogP contribution is -2.20. The second-order valence-corrected chi connectivity index (χ2v) is 6.22. The Kier molecular flexibility index (Phi) is 5.11. The van der Waals surface area contributed by atoms with Gasteiger partial charge in [0, 0.05) is 11.3 Å². The Hall–Kier alpha value is -3.87. The number of halogens is 1. The first kappa shape index (κ1) is 18.5. The van der Waals surface area contributed by atoms with Crippen LogP contribution >= 0.6 is 0 Å². The molecule has 0 unspecified atom stereocenters. The van der Waals surface area contributed by atoms with Crippen molar-refractivity contribution in [3.8, 4) is 23.0 Å². The van der Waals surface area contributed by atoms with Gasteiger partial charge >= 0.3 is 0 Å². The molecule has 0 fully saturated rings. The minimum atomic E-state index is -0.366. The van der Waals surface area contributed by atoms with Crippen molar-refractivity contribution in [3.05, 3.63) is 72.5 Å². The van der Waals surface area contributed by atoms with Gasteiger partial charge in [-0.2, -0.15) is 0 Å². The molecular formula is C22H17FN2O4. The van der Waals surface area contributed by atoms with Crippen molar-refractivity contribution in [2.45, 2.75) is 0 Å². The van der Waals surface area contributed by atoms with Gasteiger partial charge in [-0.15, -0.1) is 0 Å². The van der Waals surface area contributed by atoms with Gasteiger partial charge in [0.2, 0.25) is 5.89 Å². The van der Waals surface area contributed by atoms with E-state index in [1.165, 1.54) is 12.1 Å². The molecule has 0 saturated carbocycles. The van der Waals surface area contributed by atoms with Crippen LogP contribution in [0.3, 0.4) is 0 Å². The van der Waals surface area contributed by atoms with Crippen molar-refractivity contribution in [2.24, 2.45) is 0 Å². The molecule has 0 aliphatic heterocycles. The molecule has 4 rings (SSSR count). The van der Waals surface area contributed by atoms with Crippen molar-refractivity contribution < 1.29 is 23.1 Å². The first-order chi connectivity index (χ1) is 14.1. The molecule has 0 spiro atoms. The Bertz CT molecular complexity index is 1160. The molecule has 1 aromatic heterocycles. The number of benzene rings is 3. The maximum Gasteiger partial charge on any atom is 0.262 e. The van der Waals surface area contributed by atoms with Gasteiger partial charge in [-0.3, -0.25) is 4.79 Å². The van der Waals surface area contributed by atoms with Crippen LogP contribution in [0.1, 0.15) is 0 Å². The van der Waals surface area contributed by atoms with Crippen LogP contribution in [0.2, 0.25) is 0 Å². The number of nitrogens with zero attached hydrogens (tertiary/aromatic N) is 1. The molecule has 146 valence electrons. The van der Waals surface area contributed by atoms with Crippen LogP contribution in [-0.4, -0.2) is 24.6 Å². The number of anilines is 1. The highest BCUT2D eigenvalue weighted by molar-refractivity contribution is 5.94. The highest BCUT2D eigenvalue weighted by atomic mass is 19.1. The van der Waals surface area contributed by atoms with Crippen molar-refractivity contribution in [3.63, 3.8) is 0 Å². The molecule has 3 aromatic carbocycles. The quantitative estimate of drug-likeness (QED) is 0.517. The standard InChI is InChI=1S/C22H17FN2O4/c1-27-17-6-8-18(9-7-17)28-13-21(26)24-16-5-10-20-19(12-16)25-22(29-20)14-3-2-4-15(23)11-14/h2-12H,13H2,1H3,(H,24,26). The summed E-state index contributed by atoms with van der Waals surface area (Å²) < 4.78 is 29.6. The lowest BCUT2D eigenvalue weighted by molar-refractivity contribution is -0.118. The summed E-state index contributed by atoms with van der Waals surface area (Å²) in [5, 5.41) is 2.75. The minimum Gasteiger partial charge on any atom is -0.497 e. The average Bonchev–Trinajstić information content (AvgIpc) is 3.16. The van der Waals surface area contributed by atoms with Crippen LogP contribution in [0.5, 0.6) is 11.5 Å². The molecular weight excluding hydrogens is 375 g/mol. The Morgan fingerprint density at radius 2 is 1.86 bits per heavy atom. The molecule has 4 aromatic rings. The number of hydrogen-bond acceptors (Lipinski definition) is 5. The lowest BCUT2D eigenvalue weighted by atomic mass is 10.2. The fraction of sp³-hybridized carbons (Fsp3) is 0.0909. The maximum atomic E-state index is 13.4. The number of ether oxygens (including phenoxy) is 2. The van der Waals surface area contributed by atoms with E-state index in [-0.39, 0.29) is 18.3 Å². The Balaban J connectivity index is 1.43. The van der Waals surface area contributed by atoms with E-state index in [0.717, 1.165) is 0 Å². The van der Waals surface area contributed by atoms with Gasteiger partial charge in [-0.05, 0) is 60.7 Å². The predicted molar refractivity (Wildman–Crippen MR) is 107 cm³/mol. The van der Waals surface area contributed by atoms with Gasteiger partial charge in [-0.25, -0.2) is 9.37 Å². The molecule has 0 aliphatic carbocycles. The zero-order valence-corrected chi connectivity index (χ0v) is 15.5. The number of methoxy groups -OCH3 is 1. The van der Waals surface area contributed by atoms with Crippen LogP contribution in [0, 0.1) is 5.82 Å². The van der Waals surface area contributed by atoms with Gasteiger partial charge in [0.25, 0.3) is 5.91 Å². The second-order valence-electron chi connectivity index (χ2n) is 6.22. The van der Waals surface area contributed by atoms with Gasteiger partial charge < -0.3 is 19.2 Å². The Labute approximate surface area is 165 Å². The van der Waals surface area contributed by atoms with E-state index in [1.807, 2.05) is 0 Å². The highest BCUT2D eigenvalue weighted by Crippen LogP contribution is 2.26. The number of fused-ring (bicyclic) bond motifs is 1. The number of hydrogen-bond donors (Lipinski definition) is 1.